The molecule has 0 unspecified atom stereocenters. The zero-order valence-corrected chi connectivity index (χ0v) is 13.7. The summed E-state index contributed by atoms with van der Waals surface area (Å²) in [5, 5.41) is 19.5. The molecule has 1 aliphatic carbocycles. The number of aryl methyl sites for hydroxylation is 1. The normalized spacial score (nSPS) is 20.5. The maximum absolute atomic E-state index is 12.2. The molecule has 1 aliphatic rings. The Kier molecular flexibility index (Phi) is 4.74. The number of hydrogen-bond acceptors (Lipinski definition) is 4. The highest BCUT2D eigenvalue weighted by molar-refractivity contribution is 5.90. The van der Waals surface area contributed by atoms with E-state index in [1.54, 1.807) is 25.1 Å². The molecule has 3 rings (SSSR count). The van der Waals surface area contributed by atoms with E-state index in [1.165, 1.54) is 6.07 Å². The first-order chi connectivity index (χ1) is 11.5. The Hall–Kier alpha value is -2.49. The Morgan fingerprint density at radius 1 is 1.00 bits per heavy atom. The summed E-state index contributed by atoms with van der Waals surface area (Å²) >= 11 is 0. The second-order valence-corrected chi connectivity index (χ2v) is 6.44. The molecule has 0 amide bonds. The van der Waals surface area contributed by atoms with Crippen molar-refractivity contribution in [3.63, 3.8) is 0 Å². The molecule has 1 saturated carbocycles. The van der Waals surface area contributed by atoms with Crippen LogP contribution in [0.15, 0.2) is 42.5 Å². The number of ether oxygens (including phenoxy) is 1. The summed E-state index contributed by atoms with van der Waals surface area (Å²) in [6, 6.07) is 12.2. The number of carbonyl (C=O) groups is 1. The lowest BCUT2D eigenvalue weighted by Crippen LogP contribution is -2.24. The van der Waals surface area contributed by atoms with E-state index < -0.39 is 0 Å². The third-order valence-corrected chi connectivity index (χ3v) is 4.76. The molecule has 0 aliphatic heterocycles. The molecule has 0 heterocycles. The molecule has 2 aromatic rings. The molecule has 0 saturated heterocycles. The lowest BCUT2D eigenvalue weighted by Gasteiger charge is -2.29. The van der Waals surface area contributed by atoms with Gasteiger partial charge in [-0.1, -0.05) is 18.2 Å². The van der Waals surface area contributed by atoms with Crippen LogP contribution < -0.4 is 0 Å². The summed E-state index contributed by atoms with van der Waals surface area (Å²) in [5.74, 6) is 0.494. The SMILES string of the molecule is Cc1cc(C(=O)OC2CCC(c3ccccc3O)CC2)ccc1O. The molecule has 2 N–H and O–H groups in total. The smallest absolute Gasteiger partial charge is 0.338 e. The fourth-order valence-electron chi connectivity index (χ4n) is 3.33. The van der Waals surface area contributed by atoms with Gasteiger partial charge < -0.3 is 14.9 Å². The molecular weight excluding hydrogens is 304 g/mol. The fourth-order valence-corrected chi connectivity index (χ4v) is 3.33. The monoisotopic (exact) mass is 326 g/mol. The molecule has 0 aromatic heterocycles. The molecule has 2 aromatic carbocycles. The van der Waals surface area contributed by atoms with Crippen LogP contribution in [0.5, 0.6) is 11.5 Å². The Balaban J connectivity index is 1.58. The molecule has 0 radical (unpaired) electrons. The standard InChI is InChI=1S/C20H22O4/c1-13-12-15(8-11-18(13)21)20(23)24-16-9-6-14(7-10-16)17-4-2-3-5-19(17)22/h2-5,8,11-12,14,16,21-22H,6-7,9-10H2,1H3. The maximum Gasteiger partial charge on any atom is 0.338 e. The third-order valence-electron chi connectivity index (χ3n) is 4.76. The van der Waals surface area contributed by atoms with Crippen LogP contribution >= 0.6 is 0 Å². The van der Waals surface area contributed by atoms with Crippen LogP contribution in [-0.4, -0.2) is 22.3 Å². The summed E-state index contributed by atoms with van der Waals surface area (Å²) < 4.78 is 5.60. The molecule has 4 nitrogen and oxygen atoms in total. The lowest BCUT2D eigenvalue weighted by atomic mass is 9.82. The Morgan fingerprint density at radius 3 is 2.38 bits per heavy atom. The van der Waals surface area contributed by atoms with Gasteiger partial charge in [0.25, 0.3) is 0 Å². The van der Waals surface area contributed by atoms with E-state index in [4.69, 9.17) is 4.74 Å². The number of hydrogen-bond donors (Lipinski definition) is 2. The lowest BCUT2D eigenvalue weighted by molar-refractivity contribution is 0.0194. The first-order valence-corrected chi connectivity index (χ1v) is 8.33. The number of para-hydroxylation sites is 1. The van der Waals surface area contributed by atoms with Crippen LogP contribution in [0.3, 0.4) is 0 Å². The Labute approximate surface area is 141 Å². The van der Waals surface area contributed by atoms with Gasteiger partial charge in [-0.3, -0.25) is 0 Å². The van der Waals surface area contributed by atoms with Crippen molar-refractivity contribution in [2.24, 2.45) is 0 Å². The number of esters is 1. The average Bonchev–Trinajstić information content (AvgIpc) is 2.58. The van der Waals surface area contributed by atoms with E-state index in [0.29, 0.717) is 22.8 Å². The summed E-state index contributed by atoms with van der Waals surface area (Å²) in [6.45, 7) is 1.75. The van der Waals surface area contributed by atoms with Gasteiger partial charge in [-0.15, -0.1) is 0 Å². The highest BCUT2D eigenvalue weighted by atomic mass is 16.5. The number of carbonyl (C=O) groups excluding carboxylic acids is 1. The largest absolute Gasteiger partial charge is 0.508 e. The topological polar surface area (TPSA) is 66.8 Å². The molecule has 24 heavy (non-hydrogen) atoms. The van der Waals surface area contributed by atoms with Gasteiger partial charge in [-0.25, -0.2) is 4.79 Å². The summed E-state index contributed by atoms with van der Waals surface area (Å²) in [6.07, 6.45) is 3.28. The van der Waals surface area contributed by atoms with E-state index in [0.717, 1.165) is 31.2 Å². The summed E-state index contributed by atoms with van der Waals surface area (Å²) in [5.41, 5.74) is 2.11. The first-order valence-electron chi connectivity index (χ1n) is 8.33. The van der Waals surface area contributed by atoms with Crippen LogP contribution in [0.4, 0.5) is 0 Å². The predicted octanol–water partition coefficient (Wildman–Crippen LogP) is 4.29. The number of rotatable bonds is 3. The van der Waals surface area contributed by atoms with Gasteiger partial charge >= 0.3 is 5.97 Å². The van der Waals surface area contributed by atoms with Gasteiger partial charge in [-0.2, -0.15) is 0 Å². The van der Waals surface area contributed by atoms with Crippen molar-refractivity contribution in [2.45, 2.75) is 44.6 Å². The van der Waals surface area contributed by atoms with Crippen LogP contribution in [-0.2, 0) is 4.74 Å². The van der Waals surface area contributed by atoms with Crippen molar-refractivity contribution < 1.29 is 19.7 Å². The van der Waals surface area contributed by atoms with Crippen molar-refractivity contribution in [1.29, 1.82) is 0 Å². The Morgan fingerprint density at radius 2 is 1.71 bits per heavy atom. The van der Waals surface area contributed by atoms with Crippen molar-refractivity contribution >= 4 is 5.97 Å². The van der Waals surface area contributed by atoms with Crippen molar-refractivity contribution in [3.8, 4) is 11.5 Å². The number of phenols is 2. The zero-order valence-electron chi connectivity index (χ0n) is 13.7. The van der Waals surface area contributed by atoms with E-state index in [9.17, 15) is 15.0 Å². The van der Waals surface area contributed by atoms with Gasteiger partial charge in [-0.05, 0) is 73.9 Å². The van der Waals surface area contributed by atoms with Gasteiger partial charge in [0.2, 0.25) is 0 Å². The highest BCUT2D eigenvalue weighted by Crippen LogP contribution is 2.37. The van der Waals surface area contributed by atoms with Gasteiger partial charge in [0.1, 0.15) is 17.6 Å². The van der Waals surface area contributed by atoms with Crippen molar-refractivity contribution in [3.05, 3.63) is 59.2 Å². The molecule has 126 valence electrons. The predicted molar refractivity (Wildman–Crippen MR) is 91.4 cm³/mol. The van der Waals surface area contributed by atoms with E-state index in [1.807, 2.05) is 18.2 Å². The third kappa shape index (κ3) is 3.53. The van der Waals surface area contributed by atoms with E-state index in [2.05, 4.69) is 0 Å². The van der Waals surface area contributed by atoms with Gasteiger partial charge in [0, 0.05) is 0 Å². The van der Waals surface area contributed by atoms with Crippen molar-refractivity contribution in [2.75, 3.05) is 0 Å². The molecule has 4 heteroatoms. The van der Waals surface area contributed by atoms with Crippen molar-refractivity contribution in [1.82, 2.24) is 0 Å². The van der Waals surface area contributed by atoms with Crippen LogP contribution in [0.2, 0.25) is 0 Å². The van der Waals surface area contributed by atoms with E-state index >= 15 is 0 Å². The number of benzene rings is 2. The fraction of sp³-hybridized carbons (Fsp3) is 0.350. The Bertz CT molecular complexity index is 730. The minimum absolute atomic E-state index is 0.0892. The molecule has 0 atom stereocenters. The molecule has 0 spiro atoms. The van der Waals surface area contributed by atoms with Gasteiger partial charge in [0.05, 0.1) is 5.56 Å². The zero-order chi connectivity index (χ0) is 17.1. The maximum atomic E-state index is 12.2. The van der Waals surface area contributed by atoms with Gasteiger partial charge in [0.15, 0.2) is 0 Å². The second-order valence-electron chi connectivity index (χ2n) is 6.44. The highest BCUT2D eigenvalue weighted by Gasteiger charge is 2.26. The minimum atomic E-state index is -0.343. The first kappa shape index (κ1) is 16.4. The minimum Gasteiger partial charge on any atom is -0.508 e. The van der Waals surface area contributed by atoms with Crippen LogP contribution in [0.1, 0.15) is 53.1 Å². The summed E-state index contributed by atoms with van der Waals surface area (Å²) in [4.78, 5) is 12.2. The van der Waals surface area contributed by atoms with Crippen LogP contribution in [0.25, 0.3) is 0 Å². The van der Waals surface area contributed by atoms with E-state index in [-0.39, 0.29) is 17.8 Å². The average molecular weight is 326 g/mol. The second kappa shape index (κ2) is 6.95. The molecule has 1 fully saturated rings. The number of aromatic hydroxyl groups is 2. The molecule has 0 bridgehead atoms. The molecular formula is C20H22O4. The number of phenolic OH excluding ortho intramolecular Hbond substituents is 2. The summed E-state index contributed by atoms with van der Waals surface area (Å²) in [7, 11) is 0. The van der Waals surface area contributed by atoms with Crippen LogP contribution in [0, 0.1) is 6.92 Å². The quantitative estimate of drug-likeness (QED) is 0.826.